The van der Waals surface area contributed by atoms with Gasteiger partial charge in [0.25, 0.3) is 5.56 Å². The fourth-order valence-corrected chi connectivity index (χ4v) is 4.19. The SMILES string of the molecule is COc1ccccc1OC(=O)c1sc2nc3n(c(=O)c2c1C)CCC3. The first-order chi connectivity index (χ1) is 12.1. The number of carbonyl (C=O) groups is 1. The summed E-state index contributed by atoms with van der Waals surface area (Å²) in [6.45, 7) is 2.45. The zero-order valence-corrected chi connectivity index (χ0v) is 14.7. The van der Waals surface area contributed by atoms with E-state index in [-0.39, 0.29) is 5.56 Å². The zero-order valence-electron chi connectivity index (χ0n) is 13.9. The maximum absolute atomic E-state index is 12.7. The molecule has 0 amide bonds. The van der Waals surface area contributed by atoms with E-state index in [1.165, 1.54) is 18.4 Å². The van der Waals surface area contributed by atoms with Gasteiger partial charge in [-0.3, -0.25) is 9.36 Å². The Labute approximate surface area is 147 Å². The van der Waals surface area contributed by atoms with Gasteiger partial charge in [-0.2, -0.15) is 0 Å². The third kappa shape index (κ3) is 2.51. The van der Waals surface area contributed by atoms with Crippen LogP contribution in [0.1, 0.15) is 27.5 Å². The Morgan fingerprint density at radius 2 is 2.04 bits per heavy atom. The standard InChI is InChI=1S/C18H16N2O4S/c1-10-14-16(19-13-8-5-9-20(13)17(14)21)25-15(10)18(22)24-12-7-4-3-6-11(12)23-2/h3-4,6-7H,5,8-9H2,1-2H3. The molecule has 2 aromatic heterocycles. The predicted octanol–water partition coefficient (Wildman–Crippen LogP) is 2.94. The number of ether oxygens (including phenoxy) is 2. The molecular weight excluding hydrogens is 340 g/mol. The van der Waals surface area contributed by atoms with Gasteiger partial charge < -0.3 is 9.47 Å². The molecule has 0 saturated heterocycles. The summed E-state index contributed by atoms with van der Waals surface area (Å²) in [6, 6.07) is 6.95. The van der Waals surface area contributed by atoms with Crippen LogP contribution in [0, 0.1) is 6.92 Å². The Bertz CT molecular complexity index is 1050. The molecule has 0 spiro atoms. The minimum absolute atomic E-state index is 0.0670. The Kier molecular flexibility index (Phi) is 3.80. The maximum Gasteiger partial charge on any atom is 0.354 e. The van der Waals surface area contributed by atoms with Gasteiger partial charge in [-0.25, -0.2) is 9.78 Å². The molecule has 0 aliphatic carbocycles. The number of thiophene rings is 1. The molecule has 0 unspecified atom stereocenters. The molecule has 25 heavy (non-hydrogen) atoms. The van der Waals surface area contributed by atoms with Crippen molar-refractivity contribution < 1.29 is 14.3 Å². The van der Waals surface area contributed by atoms with Gasteiger partial charge in [-0.05, 0) is 31.0 Å². The summed E-state index contributed by atoms with van der Waals surface area (Å²) >= 11 is 1.21. The molecular formula is C18H16N2O4S. The fourth-order valence-electron chi connectivity index (χ4n) is 3.12. The minimum atomic E-state index is -0.505. The number of carbonyl (C=O) groups excluding carboxylic acids is 1. The second-order valence-electron chi connectivity index (χ2n) is 5.87. The average Bonchev–Trinajstić information content (AvgIpc) is 3.20. The smallest absolute Gasteiger partial charge is 0.354 e. The van der Waals surface area contributed by atoms with Crippen molar-refractivity contribution in [3.05, 3.63) is 50.9 Å². The van der Waals surface area contributed by atoms with E-state index >= 15 is 0 Å². The molecule has 6 nitrogen and oxygen atoms in total. The molecule has 0 bridgehead atoms. The predicted molar refractivity (Wildman–Crippen MR) is 94.9 cm³/mol. The molecule has 0 N–H and O–H groups in total. The fraction of sp³-hybridized carbons (Fsp3) is 0.278. The zero-order chi connectivity index (χ0) is 17.6. The van der Waals surface area contributed by atoms with Gasteiger partial charge in [0.2, 0.25) is 0 Å². The molecule has 0 fully saturated rings. The lowest BCUT2D eigenvalue weighted by molar-refractivity contribution is 0.0734. The number of benzene rings is 1. The van der Waals surface area contributed by atoms with Gasteiger partial charge in [-0.15, -0.1) is 11.3 Å². The van der Waals surface area contributed by atoms with Gasteiger partial charge in [0.1, 0.15) is 15.5 Å². The summed E-state index contributed by atoms with van der Waals surface area (Å²) in [5.41, 5.74) is 0.558. The molecule has 0 radical (unpaired) electrons. The summed E-state index contributed by atoms with van der Waals surface area (Å²) in [4.78, 5) is 30.9. The van der Waals surface area contributed by atoms with Crippen molar-refractivity contribution in [2.45, 2.75) is 26.3 Å². The second-order valence-corrected chi connectivity index (χ2v) is 6.86. The summed E-state index contributed by atoms with van der Waals surface area (Å²) in [5.74, 6) is 1.11. The number of aryl methyl sites for hydroxylation is 2. The van der Waals surface area contributed by atoms with E-state index in [4.69, 9.17) is 9.47 Å². The molecule has 1 aromatic carbocycles. The van der Waals surface area contributed by atoms with E-state index in [0.717, 1.165) is 18.7 Å². The lowest BCUT2D eigenvalue weighted by Crippen LogP contribution is -2.20. The first-order valence-corrected chi connectivity index (χ1v) is 8.80. The van der Waals surface area contributed by atoms with E-state index in [9.17, 15) is 9.59 Å². The van der Waals surface area contributed by atoms with Crippen molar-refractivity contribution in [2.75, 3.05) is 7.11 Å². The third-order valence-corrected chi connectivity index (χ3v) is 5.53. The Balaban J connectivity index is 1.77. The lowest BCUT2D eigenvalue weighted by atomic mass is 10.2. The molecule has 0 atom stereocenters. The van der Waals surface area contributed by atoms with Crippen LogP contribution in [0.3, 0.4) is 0 Å². The number of fused-ring (bicyclic) bond motifs is 2. The van der Waals surface area contributed by atoms with Crippen LogP contribution in [0.15, 0.2) is 29.1 Å². The minimum Gasteiger partial charge on any atom is -0.493 e. The number of methoxy groups -OCH3 is 1. The highest BCUT2D eigenvalue weighted by Crippen LogP contribution is 2.31. The van der Waals surface area contributed by atoms with Gasteiger partial charge >= 0.3 is 5.97 Å². The topological polar surface area (TPSA) is 70.4 Å². The van der Waals surface area contributed by atoms with Gasteiger partial charge in [-0.1, -0.05) is 12.1 Å². The summed E-state index contributed by atoms with van der Waals surface area (Å²) in [6.07, 6.45) is 1.73. The summed E-state index contributed by atoms with van der Waals surface area (Å²) in [5, 5.41) is 0.516. The highest BCUT2D eigenvalue weighted by atomic mass is 32.1. The third-order valence-electron chi connectivity index (χ3n) is 4.37. The maximum atomic E-state index is 12.7. The van der Waals surface area contributed by atoms with Gasteiger partial charge in [0, 0.05) is 13.0 Å². The number of aromatic nitrogens is 2. The van der Waals surface area contributed by atoms with Crippen LogP contribution in [-0.4, -0.2) is 22.6 Å². The Morgan fingerprint density at radius 1 is 1.28 bits per heavy atom. The van der Waals surface area contributed by atoms with E-state index in [0.29, 0.717) is 38.7 Å². The van der Waals surface area contributed by atoms with Crippen LogP contribution in [0.2, 0.25) is 0 Å². The van der Waals surface area contributed by atoms with E-state index < -0.39 is 5.97 Å². The van der Waals surface area contributed by atoms with Crippen molar-refractivity contribution in [3.63, 3.8) is 0 Å². The highest BCUT2D eigenvalue weighted by molar-refractivity contribution is 7.20. The highest BCUT2D eigenvalue weighted by Gasteiger charge is 2.24. The van der Waals surface area contributed by atoms with Crippen molar-refractivity contribution in [1.29, 1.82) is 0 Å². The van der Waals surface area contributed by atoms with Crippen LogP contribution < -0.4 is 15.0 Å². The average molecular weight is 356 g/mol. The molecule has 4 rings (SSSR count). The van der Waals surface area contributed by atoms with E-state index in [1.54, 1.807) is 35.8 Å². The number of hydrogen-bond acceptors (Lipinski definition) is 6. The molecule has 128 valence electrons. The Morgan fingerprint density at radius 3 is 2.80 bits per heavy atom. The summed E-state index contributed by atoms with van der Waals surface area (Å²) < 4.78 is 12.4. The van der Waals surface area contributed by atoms with E-state index in [2.05, 4.69) is 4.98 Å². The van der Waals surface area contributed by atoms with Crippen LogP contribution in [-0.2, 0) is 13.0 Å². The van der Waals surface area contributed by atoms with Crippen molar-refractivity contribution in [2.24, 2.45) is 0 Å². The van der Waals surface area contributed by atoms with Crippen LogP contribution in [0.5, 0.6) is 11.5 Å². The normalized spacial score (nSPS) is 13.0. The molecule has 1 aliphatic rings. The monoisotopic (exact) mass is 356 g/mol. The Hall–Kier alpha value is -2.67. The molecule has 0 saturated carbocycles. The molecule has 1 aliphatic heterocycles. The number of para-hydroxylation sites is 2. The number of hydrogen-bond donors (Lipinski definition) is 0. The number of rotatable bonds is 3. The van der Waals surface area contributed by atoms with Crippen LogP contribution in [0.25, 0.3) is 10.2 Å². The molecule has 3 heterocycles. The first kappa shape index (κ1) is 15.8. The van der Waals surface area contributed by atoms with Crippen molar-refractivity contribution in [1.82, 2.24) is 9.55 Å². The van der Waals surface area contributed by atoms with Crippen molar-refractivity contribution >= 4 is 27.5 Å². The van der Waals surface area contributed by atoms with E-state index in [1.807, 2.05) is 0 Å². The molecule has 3 aromatic rings. The quantitative estimate of drug-likeness (QED) is 0.533. The molecule has 7 heteroatoms. The van der Waals surface area contributed by atoms with Gasteiger partial charge in [0.15, 0.2) is 11.5 Å². The first-order valence-electron chi connectivity index (χ1n) is 7.98. The second kappa shape index (κ2) is 6.00. The largest absolute Gasteiger partial charge is 0.493 e. The number of nitrogens with zero attached hydrogens (tertiary/aromatic N) is 2. The van der Waals surface area contributed by atoms with Gasteiger partial charge in [0.05, 0.1) is 12.5 Å². The van der Waals surface area contributed by atoms with Crippen molar-refractivity contribution in [3.8, 4) is 11.5 Å². The lowest BCUT2D eigenvalue weighted by Gasteiger charge is -2.08. The summed E-state index contributed by atoms with van der Waals surface area (Å²) in [7, 11) is 1.52. The van der Waals surface area contributed by atoms with Crippen LogP contribution in [0.4, 0.5) is 0 Å². The number of esters is 1. The van der Waals surface area contributed by atoms with Crippen LogP contribution >= 0.6 is 11.3 Å².